The molecule has 0 amide bonds. The van der Waals surface area contributed by atoms with Crippen LogP contribution in [0.1, 0.15) is 0 Å². The molecule has 0 N–H and O–H groups in total. The number of aromatic nitrogens is 2. The van der Waals surface area contributed by atoms with Crippen molar-refractivity contribution >= 4 is 16.5 Å². The summed E-state index contributed by atoms with van der Waals surface area (Å²) < 4.78 is 16.2. The fourth-order valence-electron chi connectivity index (χ4n) is 1.60. The highest BCUT2D eigenvalue weighted by molar-refractivity contribution is 6.75. The number of hydrogen-bond acceptors (Lipinski definition) is 2. The molecule has 0 unspecified atom stereocenters. The van der Waals surface area contributed by atoms with E-state index in [9.17, 15) is 14.0 Å². The van der Waals surface area contributed by atoms with Crippen LogP contribution in [0.5, 0.6) is 0 Å². The van der Waals surface area contributed by atoms with E-state index in [0.29, 0.717) is 0 Å². The van der Waals surface area contributed by atoms with Crippen LogP contribution in [0.15, 0.2) is 15.8 Å². The van der Waals surface area contributed by atoms with Crippen LogP contribution in [-0.4, -0.2) is 24.9 Å². The molecule has 0 fully saturated rings. The van der Waals surface area contributed by atoms with Gasteiger partial charge in [0.25, 0.3) is 5.56 Å². The van der Waals surface area contributed by atoms with Crippen LogP contribution in [0.2, 0.25) is 39.3 Å². The molecular formula is C10H19FN2O2Si2. The fraction of sp³-hybridized carbons (Fsp3) is 0.600. The monoisotopic (exact) mass is 274 g/mol. The predicted molar refractivity (Wildman–Crippen MR) is 72.4 cm³/mol. The van der Waals surface area contributed by atoms with E-state index in [1.165, 1.54) is 4.23 Å². The Labute approximate surface area is 102 Å². The predicted octanol–water partition coefficient (Wildman–Crippen LogP) is 1.52. The smallest absolute Gasteiger partial charge is 0.314 e. The highest BCUT2D eigenvalue weighted by Crippen LogP contribution is 2.05. The lowest BCUT2D eigenvalue weighted by molar-refractivity contribution is 0.580. The van der Waals surface area contributed by atoms with Gasteiger partial charge in [-0.1, -0.05) is 39.3 Å². The van der Waals surface area contributed by atoms with Crippen LogP contribution in [0.4, 0.5) is 4.39 Å². The van der Waals surface area contributed by atoms with Gasteiger partial charge in [0.1, 0.15) is 0 Å². The molecule has 1 heterocycles. The Morgan fingerprint density at radius 1 is 1.00 bits per heavy atom. The van der Waals surface area contributed by atoms with Gasteiger partial charge in [-0.2, -0.15) is 4.39 Å². The molecule has 0 saturated carbocycles. The summed E-state index contributed by atoms with van der Waals surface area (Å²) in [5.41, 5.74) is -1.15. The van der Waals surface area contributed by atoms with Gasteiger partial charge in [0, 0.05) is 6.20 Å². The molecule has 0 spiro atoms. The first kappa shape index (κ1) is 14.1. The van der Waals surface area contributed by atoms with Crippen molar-refractivity contribution in [3.05, 3.63) is 32.9 Å². The van der Waals surface area contributed by atoms with E-state index in [-0.39, 0.29) is 5.69 Å². The molecule has 0 aliphatic heterocycles. The van der Waals surface area contributed by atoms with Gasteiger partial charge in [0.15, 0.2) is 16.5 Å². The highest BCUT2D eigenvalue weighted by atomic mass is 28.3. The SMILES string of the molecule is C[Si](C)(C)n1cc(F)c(=O)n([Si](C)(C)C)c1=O. The molecule has 7 heteroatoms. The molecule has 0 saturated heterocycles. The van der Waals surface area contributed by atoms with E-state index >= 15 is 0 Å². The van der Waals surface area contributed by atoms with Gasteiger partial charge in [-0.3, -0.25) is 9.03 Å². The van der Waals surface area contributed by atoms with Crippen molar-refractivity contribution in [2.45, 2.75) is 39.3 Å². The minimum absolute atomic E-state index is 0.366. The molecule has 4 nitrogen and oxygen atoms in total. The van der Waals surface area contributed by atoms with Gasteiger partial charge in [-0.05, 0) is 0 Å². The van der Waals surface area contributed by atoms with E-state index in [0.717, 1.165) is 10.4 Å². The second-order valence-electron chi connectivity index (χ2n) is 6.11. The van der Waals surface area contributed by atoms with Gasteiger partial charge in [-0.15, -0.1) is 0 Å². The van der Waals surface area contributed by atoms with E-state index in [1.54, 1.807) is 0 Å². The summed E-state index contributed by atoms with van der Waals surface area (Å²) in [6.07, 6.45) is 1.06. The van der Waals surface area contributed by atoms with E-state index in [4.69, 9.17) is 0 Å². The van der Waals surface area contributed by atoms with Crippen LogP contribution < -0.4 is 11.2 Å². The number of nitrogens with zero attached hydrogens (tertiary/aromatic N) is 2. The molecule has 96 valence electrons. The maximum atomic E-state index is 13.6. The van der Waals surface area contributed by atoms with Crippen molar-refractivity contribution in [2.75, 3.05) is 0 Å². The summed E-state index contributed by atoms with van der Waals surface area (Å²) in [5, 5.41) is 0. The summed E-state index contributed by atoms with van der Waals surface area (Å²) in [6.45, 7) is 11.4. The number of halogens is 1. The van der Waals surface area contributed by atoms with Gasteiger partial charge < -0.3 is 4.23 Å². The van der Waals surface area contributed by atoms with Crippen molar-refractivity contribution in [2.24, 2.45) is 0 Å². The van der Waals surface area contributed by atoms with Crippen molar-refractivity contribution in [3.63, 3.8) is 0 Å². The second kappa shape index (κ2) is 4.06. The lowest BCUT2D eigenvalue weighted by Gasteiger charge is -2.25. The highest BCUT2D eigenvalue weighted by Gasteiger charge is 2.28. The van der Waals surface area contributed by atoms with Gasteiger partial charge in [0.05, 0.1) is 0 Å². The van der Waals surface area contributed by atoms with Crippen molar-refractivity contribution < 1.29 is 4.39 Å². The minimum atomic E-state index is -2.21. The Hall–Kier alpha value is -0.956. The van der Waals surface area contributed by atoms with Crippen LogP contribution in [0.25, 0.3) is 0 Å². The van der Waals surface area contributed by atoms with Crippen molar-refractivity contribution in [3.8, 4) is 0 Å². The zero-order chi connectivity index (χ0) is 13.6. The molecular weight excluding hydrogens is 255 g/mol. The first-order valence-electron chi connectivity index (χ1n) is 5.51. The molecule has 17 heavy (non-hydrogen) atoms. The Balaban J connectivity index is 3.81. The van der Waals surface area contributed by atoms with E-state index < -0.39 is 27.8 Å². The molecule has 0 radical (unpaired) electrons. The largest absolute Gasteiger partial charge is 0.327 e. The third kappa shape index (κ3) is 2.66. The summed E-state index contributed by atoms with van der Waals surface area (Å²) in [5.74, 6) is -0.838. The third-order valence-corrected chi connectivity index (χ3v) is 5.94. The standard InChI is InChI=1S/C10H19FN2O2Si2/c1-16(2,3)12-7-8(11)9(14)13(10(12)15)17(4,5)6/h7H,1-6H3. The summed E-state index contributed by atoms with van der Waals surface area (Å²) in [4.78, 5) is 24.0. The van der Waals surface area contributed by atoms with Crippen LogP contribution in [0, 0.1) is 5.82 Å². The molecule has 0 aliphatic rings. The van der Waals surface area contributed by atoms with E-state index in [1.807, 2.05) is 39.3 Å². The molecule has 1 aromatic rings. The lowest BCUT2D eigenvalue weighted by Crippen LogP contribution is -2.57. The molecule has 0 atom stereocenters. The minimum Gasteiger partial charge on any atom is -0.327 e. The van der Waals surface area contributed by atoms with E-state index in [2.05, 4.69) is 0 Å². The van der Waals surface area contributed by atoms with Crippen LogP contribution >= 0.6 is 0 Å². The van der Waals surface area contributed by atoms with Gasteiger partial charge >= 0.3 is 5.69 Å². The van der Waals surface area contributed by atoms with Gasteiger partial charge in [0.2, 0.25) is 5.82 Å². The molecule has 0 bridgehead atoms. The Morgan fingerprint density at radius 3 is 1.82 bits per heavy atom. The second-order valence-corrected chi connectivity index (χ2v) is 15.7. The first-order chi connectivity index (χ1) is 7.46. The maximum absolute atomic E-state index is 13.6. The number of hydrogen-bond donors (Lipinski definition) is 0. The third-order valence-electron chi connectivity index (χ3n) is 2.44. The van der Waals surface area contributed by atoms with Crippen molar-refractivity contribution in [1.82, 2.24) is 8.47 Å². The average molecular weight is 274 g/mol. The fourth-order valence-corrected chi connectivity index (χ4v) is 4.27. The zero-order valence-corrected chi connectivity index (χ0v) is 13.2. The summed E-state index contributed by atoms with van der Waals surface area (Å²) in [7, 11) is -4.23. The molecule has 1 rings (SSSR count). The summed E-state index contributed by atoms with van der Waals surface area (Å²) >= 11 is 0. The Morgan fingerprint density at radius 2 is 1.47 bits per heavy atom. The quantitative estimate of drug-likeness (QED) is 0.767. The Bertz CT molecular complexity index is 549. The zero-order valence-electron chi connectivity index (χ0n) is 11.2. The average Bonchev–Trinajstić information content (AvgIpc) is 2.07. The molecule has 0 aromatic carbocycles. The maximum Gasteiger partial charge on any atom is 0.314 e. The topological polar surface area (TPSA) is 44.0 Å². The van der Waals surface area contributed by atoms with Crippen LogP contribution in [0.3, 0.4) is 0 Å². The van der Waals surface area contributed by atoms with Crippen molar-refractivity contribution in [1.29, 1.82) is 0 Å². The first-order valence-corrected chi connectivity index (χ1v) is 12.4. The normalized spacial score (nSPS) is 12.9. The van der Waals surface area contributed by atoms with Gasteiger partial charge in [-0.25, -0.2) is 4.79 Å². The van der Waals surface area contributed by atoms with Crippen LogP contribution in [-0.2, 0) is 0 Å². The lowest BCUT2D eigenvalue weighted by atomic mass is 10.6. The summed E-state index contributed by atoms with van der Waals surface area (Å²) in [6, 6.07) is 0. The number of rotatable bonds is 2. The molecule has 0 aliphatic carbocycles. The Kier molecular flexibility index (Phi) is 3.37. The molecule has 1 aromatic heterocycles.